The standard InChI is InChI=1S/C20H20N2O4S/c1-14-4-9-18-17(13-14)19(23)10-12-22(18)27(25,26)16-7-5-15(6-8-16)21-11-2-3-20(21)24/h4-9,13H,2-3,10-12H2,1H3. The molecule has 7 heteroatoms. The lowest BCUT2D eigenvalue weighted by Crippen LogP contribution is -2.37. The number of aryl methyl sites for hydroxylation is 1. The minimum atomic E-state index is -3.79. The van der Waals surface area contributed by atoms with Crippen LogP contribution in [0.2, 0.25) is 0 Å². The number of amides is 1. The van der Waals surface area contributed by atoms with Gasteiger partial charge in [0.05, 0.1) is 10.6 Å². The van der Waals surface area contributed by atoms with Crippen LogP contribution in [-0.4, -0.2) is 33.2 Å². The van der Waals surface area contributed by atoms with E-state index in [4.69, 9.17) is 0 Å². The molecule has 0 spiro atoms. The molecule has 0 unspecified atom stereocenters. The van der Waals surface area contributed by atoms with Crippen molar-refractivity contribution in [3.05, 3.63) is 53.6 Å². The Hall–Kier alpha value is -2.67. The van der Waals surface area contributed by atoms with Gasteiger partial charge in [-0.25, -0.2) is 8.42 Å². The van der Waals surface area contributed by atoms with E-state index in [0.717, 1.165) is 12.0 Å². The zero-order chi connectivity index (χ0) is 19.2. The van der Waals surface area contributed by atoms with Crippen LogP contribution in [0.3, 0.4) is 0 Å². The molecule has 0 aliphatic carbocycles. The van der Waals surface area contributed by atoms with Gasteiger partial charge in [0.2, 0.25) is 5.91 Å². The van der Waals surface area contributed by atoms with Gasteiger partial charge in [-0.1, -0.05) is 11.6 Å². The first-order valence-corrected chi connectivity index (χ1v) is 10.4. The van der Waals surface area contributed by atoms with E-state index in [0.29, 0.717) is 29.9 Å². The third kappa shape index (κ3) is 3.02. The number of hydrogen-bond donors (Lipinski definition) is 0. The Labute approximate surface area is 158 Å². The summed E-state index contributed by atoms with van der Waals surface area (Å²) in [5, 5.41) is 0. The van der Waals surface area contributed by atoms with E-state index in [1.54, 1.807) is 29.2 Å². The number of hydrogen-bond acceptors (Lipinski definition) is 4. The molecular weight excluding hydrogens is 364 g/mol. The van der Waals surface area contributed by atoms with Gasteiger partial charge in [0.15, 0.2) is 5.78 Å². The third-order valence-corrected chi connectivity index (χ3v) is 6.90. The van der Waals surface area contributed by atoms with Crippen LogP contribution in [0.4, 0.5) is 11.4 Å². The summed E-state index contributed by atoms with van der Waals surface area (Å²) in [5.74, 6) is 0.0208. The fourth-order valence-corrected chi connectivity index (χ4v) is 5.13. The van der Waals surface area contributed by atoms with Crippen molar-refractivity contribution in [2.75, 3.05) is 22.3 Å². The number of Topliss-reactive ketones (excluding diaryl/α,β-unsaturated/α-hetero) is 1. The Morgan fingerprint density at radius 2 is 1.67 bits per heavy atom. The van der Waals surface area contributed by atoms with E-state index in [2.05, 4.69) is 0 Å². The van der Waals surface area contributed by atoms with E-state index >= 15 is 0 Å². The highest BCUT2D eigenvalue weighted by Gasteiger charge is 2.32. The van der Waals surface area contributed by atoms with E-state index in [-0.39, 0.29) is 29.6 Å². The van der Waals surface area contributed by atoms with Crippen LogP contribution in [0.1, 0.15) is 35.2 Å². The van der Waals surface area contributed by atoms with Crippen molar-refractivity contribution in [1.29, 1.82) is 0 Å². The number of rotatable bonds is 3. The highest BCUT2D eigenvalue weighted by molar-refractivity contribution is 7.92. The van der Waals surface area contributed by atoms with Crippen molar-refractivity contribution < 1.29 is 18.0 Å². The van der Waals surface area contributed by atoms with Crippen molar-refractivity contribution in [3.63, 3.8) is 0 Å². The molecule has 2 aromatic carbocycles. The molecule has 1 fully saturated rings. The van der Waals surface area contributed by atoms with Gasteiger partial charge in [0.25, 0.3) is 10.0 Å². The maximum atomic E-state index is 13.2. The molecule has 0 bridgehead atoms. The van der Waals surface area contributed by atoms with Gasteiger partial charge in [-0.2, -0.15) is 0 Å². The van der Waals surface area contributed by atoms with Crippen molar-refractivity contribution in [2.45, 2.75) is 31.1 Å². The summed E-state index contributed by atoms with van der Waals surface area (Å²) in [4.78, 5) is 25.9. The van der Waals surface area contributed by atoms with Crippen LogP contribution in [0.15, 0.2) is 47.4 Å². The van der Waals surface area contributed by atoms with Crippen molar-refractivity contribution >= 4 is 33.1 Å². The van der Waals surface area contributed by atoms with Gasteiger partial charge in [0.1, 0.15) is 0 Å². The summed E-state index contributed by atoms with van der Waals surface area (Å²) >= 11 is 0. The van der Waals surface area contributed by atoms with E-state index in [1.165, 1.54) is 16.4 Å². The Kier molecular flexibility index (Phi) is 4.26. The van der Waals surface area contributed by atoms with Crippen LogP contribution in [0.5, 0.6) is 0 Å². The smallest absolute Gasteiger partial charge is 0.264 e. The summed E-state index contributed by atoms with van der Waals surface area (Å²) in [5.41, 5.74) is 2.50. The summed E-state index contributed by atoms with van der Waals surface area (Å²) in [6.45, 7) is 2.66. The molecule has 2 aliphatic rings. The lowest BCUT2D eigenvalue weighted by molar-refractivity contribution is -0.117. The van der Waals surface area contributed by atoms with Gasteiger partial charge in [-0.15, -0.1) is 0 Å². The fraction of sp³-hybridized carbons (Fsp3) is 0.300. The summed E-state index contributed by atoms with van der Waals surface area (Å²) in [6, 6.07) is 11.6. The molecule has 0 atom stereocenters. The van der Waals surface area contributed by atoms with Crippen LogP contribution in [0.25, 0.3) is 0 Å². The molecular formula is C20H20N2O4S. The van der Waals surface area contributed by atoms with Crippen molar-refractivity contribution in [2.24, 2.45) is 0 Å². The maximum Gasteiger partial charge on any atom is 0.264 e. The predicted octanol–water partition coefficient (Wildman–Crippen LogP) is 2.90. The van der Waals surface area contributed by atoms with Crippen molar-refractivity contribution in [3.8, 4) is 0 Å². The molecule has 0 aromatic heterocycles. The molecule has 0 radical (unpaired) electrons. The SMILES string of the molecule is Cc1ccc2c(c1)C(=O)CCN2S(=O)(=O)c1ccc(N2CCCC2=O)cc1. The first-order valence-electron chi connectivity index (χ1n) is 8.95. The van der Waals surface area contributed by atoms with Gasteiger partial charge < -0.3 is 4.90 Å². The number of fused-ring (bicyclic) bond motifs is 1. The van der Waals surface area contributed by atoms with Crippen LogP contribution in [-0.2, 0) is 14.8 Å². The highest BCUT2D eigenvalue weighted by Crippen LogP contribution is 2.33. The Bertz CT molecular complexity index is 1030. The second-order valence-corrected chi connectivity index (χ2v) is 8.78. The molecule has 0 N–H and O–H groups in total. The number of anilines is 2. The predicted molar refractivity (Wildman–Crippen MR) is 103 cm³/mol. The number of ketones is 1. The minimum absolute atomic E-state index is 0.0388. The fourth-order valence-electron chi connectivity index (χ4n) is 3.65. The second-order valence-electron chi connectivity index (χ2n) is 6.91. The molecule has 1 amide bonds. The van der Waals surface area contributed by atoms with Crippen molar-refractivity contribution in [1.82, 2.24) is 0 Å². The number of carbonyl (C=O) groups excluding carboxylic acids is 2. The first-order chi connectivity index (χ1) is 12.9. The van der Waals surface area contributed by atoms with Crippen LogP contribution < -0.4 is 9.21 Å². The molecule has 2 aliphatic heterocycles. The molecule has 1 saturated heterocycles. The zero-order valence-corrected chi connectivity index (χ0v) is 15.8. The van der Waals surface area contributed by atoms with Crippen LogP contribution in [0, 0.1) is 6.92 Å². The first kappa shape index (κ1) is 17.7. The molecule has 4 rings (SSSR count). The van der Waals surface area contributed by atoms with E-state index < -0.39 is 10.0 Å². The van der Waals surface area contributed by atoms with Gasteiger partial charge in [-0.05, 0) is 49.7 Å². The number of benzene rings is 2. The largest absolute Gasteiger partial charge is 0.312 e. The summed E-state index contributed by atoms with van der Waals surface area (Å²) in [6.07, 6.45) is 1.50. The quantitative estimate of drug-likeness (QED) is 0.815. The Balaban J connectivity index is 1.69. The van der Waals surface area contributed by atoms with Crippen LogP contribution >= 0.6 is 0 Å². The normalized spacial score (nSPS) is 17.4. The molecule has 2 heterocycles. The Morgan fingerprint density at radius 3 is 2.33 bits per heavy atom. The monoisotopic (exact) mass is 384 g/mol. The highest BCUT2D eigenvalue weighted by atomic mass is 32.2. The number of carbonyl (C=O) groups is 2. The molecule has 2 aromatic rings. The Morgan fingerprint density at radius 1 is 0.926 bits per heavy atom. The summed E-state index contributed by atoms with van der Waals surface area (Å²) in [7, 11) is -3.79. The molecule has 6 nitrogen and oxygen atoms in total. The third-order valence-electron chi connectivity index (χ3n) is 5.07. The maximum absolute atomic E-state index is 13.2. The average molecular weight is 384 g/mol. The number of sulfonamides is 1. The minimum Gasteiger partial charge on any atom is -0.312 e. The topological polar surface area (TPSA) is 74.8 Å². The van der Waals surface area contributed by atoms with Gasteiger partial charge in [0, 0.05) is 37.2 Å². The molecule has 140 valence electrons. The van der Waals surface area contributed by atoms with Gasteiger partial charge in [-0.3, -0.25) is 13.9 Å². The summed E-state index contributed by atoms with van der Waals surface area (Å²) < 4.78 is 27.6. The van der Waals surface area contributed by atoms with Gasteiger partial charge >= 0.3 is 0 Å². The van der Waals surface area contributed by atoms with E-state index in [9.17, 15) is 18.0 Å². The zero-order valence-electron chi connectivity index (χ0n) is 15.0. The molecule has 0 saturated carbocycles. The second kappa shape index (κ2) is 6.49. The lowest BCUT2D eigenvalue weighted by Gasteiger charge is -2.30. The lowest BCUT2D eigenvalue weighted by atomic mass is 10.0. The average Bonchev–Trinajstić information content (AvgIpc) is 3.08. The molecule has 27 heavy (non-hydrogen) atoms. The number of nitrogens with zero attached hydrogens (tertiary/aromatic N) is 2. The van der Waals surface area contributed by atoms with E-state index in [1.807, 2.05) is 13.0 Å².